The van der Waals surface area contributed by atoms with E-state index < -0.39 is 0 Å². The van der Waals surface area contributed by atoms with Gasteiger partial charge in [-0.05, 0) is 49.9 Å². The maximum Gasteiger partial charge on any atom is 0.287 e. The zero-order chi connectivity index (χ0) is 14.9. The Labute approximate surface area is 137 Å². The average molecular weight is 323 g/mol. The fourth-order valence-corrected chi connectivity index (χ4v) is 2.93. The molecular formula is C17H23ClN2O2. The maximum atomic E-state index is 12.3. The molecule has 1 atom stereocenters. The number of hydrogen-bond donors (Lipinski definition) is 2. The number of benzene rings is 1. The molecule has 1 aliphatic rings. The number of fused-ring (bicyclic) bond motifs is 1. The van der Waals surface area contributed by atoms with E-state index in [1.807, 2.05) is 31.2 Å². The van der Waals surface area contributed by atoms with Crippen LogP contribution in [-0.2, 0) is 0 Å². The van der Waals surface area contributed by atoms with Crippen molar-refractivity contribution in [1.82, 2.24) is 10.6 Å². The Kier molecular flexibility index (Phi) is 5.14. The second-order valence-corrected chi connectivity index (χ2v) is 6.43. The van der Waals surface area contributed by atoms with Crippen molar-refractivity contribution in [2.75, 3.05) is 19.6 Å². The summed E-state index contributed by atoms with van der Waals surface area (Å²) in [5.41, 5.74) is 2.06. The van der Waals surface area contributed by atoms with E-state index in [-0.39, 0.29) is 23.7 Å². The number of amides is 1. The monoisotopic (exact) mass is 322 g/mol. The summed E-state index contributed by atoms with van der Waals surface area (Å²) in [6, 6.07) is 7.75. The molecule has 1 saturated heterocycles. The van der Waals surface area contributed by atoms with Gasteiger partial charge >= 0.3 is 0 Å². The third-order valence-corrected chi connectivity index (χ3v) is 4.26. The lowest BCUT2D eigenvalue weighted by Gasteiger charge is -2.34. The molecule has 0 aliphatic carbocycles. The quantitative estimate of drug-likeness (QED) is 0.911. The Morgan fingerprint density at radius 3 is 2.95 bits per heavy atom. The Morgan fingerprint density at radius 2 is 2.23 bits per heavy atom. The lowest BCUT2D eigenvalue weighted by atomic mass is 9.83. The van der Waals surface area contributed by atoms with Crippen LogP contribution in [0.1, 0.15) is 35.9 Å². The normalized spacial score (nSPS) is 21.4. The summed E-state index contributed by atoms with van der Waals surface area (Å²) in [5, 5.41) is 7.38. The first kappa shape index (κ1) is 16.8. The van der Waals surface area contributed by atoms with Gasteiger partial charge in [0.15, 0.2) is 5.76 Å². The molecule has 0 bridgehead atoms. The number of halogens is 1. The Bertz CT molecular complexity index is 660. The molecule has 3 rings (SSSR count). The zero-order valence-electron chi connectivity index (χ0n) is 13.1. The van der Waals surface area contributed by atoms with Crippen LogP contribution in [0, 0.1) is 12.3 Å². The maximum absolute atomic E-state index is 12.3. The van der Waals surface area contributed by atoms with Gasteiger partial charge in [-0.15, -0.1) is 12.4 Å². The molecule has 1 amide bonds. The van der Waals surface area contributed by atoms with E-state index in [1.54, 1.807) is 0 Å². The number of nitrogens with one attached hydrogen (secondary N) is 2. The lowest BCUT2D eigenvalue weighted by molar-refractivity contribution is 0.0899. The van der Waals surface area contributed by atoms with Crippen molar-refractivity contribution in [3.63, 3.8) is 0 Å². The molecule has 120 valence electrons. The van der Waals surface area contributed by atoms with Gasteiger partial charge in [-0.3, -0.25) is 4.79 Å². The molecule has 5 heteroatoms. The van der Waals surface area contributed by atoms with Crippen molar-refractivity contribution in [2.24, 2.45) is 5.41 Å². The van der Waals surface area contributed by atoms with Gasteiger partial charge in [-0.2, -0.15) is 0 Å². The first-order valence-electron chi connectivity index (χ1n) is 7.55. The van der Waals surface area contributed by atoms with Crippen molar-refractivity contribution in [2.45, 2.75) is 26.7 Å². The predicted molar refractivity (Wildman–Crippen MR) is 90.7 cm³/mol. The summed E-state index contributed by atoms with van der Waals surface area (Å²) < 4.78 is 5.63. The number of aryl methyl sites for hydroxylation is 1. The molecule has 1 fully saturated rings. The molecule has 22 heavy (non-hydrogen) atoms. The fraction of sp³-hybridized carbons (Fsp3) is 0.471. The van der Waals surface area contributed by atoms with Crippen molar-refractivity contribution in [1.29, 1.82) is 0 Å². The molecule has 2 heterocycles. The third-order valence-electron chi connectivity index (χ3n) is 4.26. The topological polar surface area (TPSA) is 54.3 Å². The highest BCUT2D eigenvalue weighted by Gasteiger charge is 2.27. The summed E-state index contributed by atoms with van der Waals surface area (Å²) in [6.45, 7) is 6.94. The van der Waals surface area contributed by atoms with Crippen LogP contribution in [0.3, 0.4) is 0 Å². The molecule has 0 saturated carbocycles. The van der Waals surface area contributed by atoms with Gasteiger partial charge in [-0.25, -0.2) is 0 Å². The summed E-state index contributed by atoms with van der Waals surface area (Å²) in [6.07, 6.45) is 2.30. The number of carbonyl (C=O) groups is 1. The van der Waals surface area contributed by atoms with Crippen LogP contribution in [-0.4, -0.2) is 25.5 Å². The van der Waals surface area contributed by atoms with Crippen molar-refractivity contribution in [3.05, 3.63) is 35.6 Å². The molecule has 0 radical (unpaired) electrons. The molecule has 4 nitrogen and oxygen atoms in total. The number of rotatable bonds is 3. The molecule has 0 spiro atoms. The smallest absolute Gasteiger partial charge is 0.287 e. The molecule has 2 aromatic rings. The van der Waals surface area contributed by atoms with E-state index in [4.69, 9.17) is 4.42 Å². The van der Waals surface area contributed by atoms with E-state index in [2.05, 4.69) is 17.6 Å². The Hall–Kier alpha value is -1.52. The second-order valence-electron chi connectivity index (χ2n) is 6.43. The molecule has 1 unspecified atom stereocenters. The van der Waals surface area contributed by atoms with Crippen LogP contribution in [0.2, 0.25) is 0 Å². The SMILES string of the molecule is Cc1ccc2oc(C(=O)NCC3(C)CCCNC3)cc2c1.Cl. The highest BCUT2D eigenvalue weighted by Crippen LogP contribution is 2.25. The number of piperidine rings is 1. The zero-order valence-corrected chi connectivity index (χ0v) is 13.9. The summed E-state index contributed by atoms with van der Waals surface area (Å²) >= 11 is 0. The van der Waals surface area contributed by atoms with Crippen molar-refractivity contribution >= 4 is 29.3 Å². The highest BCUT2D eigenvalue weighted by molar-refractivity contribution is 5.96. The second kappa shape index (κ2) is 6.71. The molecular weight excluding hydrogens is 300 g/mol. The van der Waals surface area contributed by atoms with E-state index in [0.717, 1.165) is 42.5 Å². The number of hydrogen-bond acceptors (Lipinski definition) is 3. The molecule has 1 aromatic carbocycles. The first-order chi connectivity index (χ1) is 10.1. The van der Waals surface area contributed by atoms with Crippen molar-refractivity contribution < 1.29 is 9.21 Å². The van der Waals surface area contributed by atoms with E-state index >= 15 is 0 Å². The minimum Gasteiger partial charge on any atom is -0.451 e. The summed E-state index contributed by atoms with van der Waals surface area (Å²) in [5.74, 6) is 0.263. The highest BCUT2D eigenvalue weighted by atomic mass is 35.5. The average Bonchev–Trinajstić information content (AvgIpc) is 2.88. The standard InChI is InChI=1S/C17H22N2O2.ClH/c1-12-4-5-14-13(8-12)9-15(21-14)16(20)19-11-17(2)6-3-7-18-10-17;/h4-5,8-9,18H,3,6-7,10-11H2,1-2H3,(H,19,20);1H. The molecule has 1 aromatic heterocycles. The lowest BCUT2D eigenvalue weighted by Crippen LogP contribution is -2.45. The first-order valence-corrected chi connectivity index (χ1v) is 7.55. The van der Waals surface area contributed by atoms with Gasteiger partial charge in [0, 0.05) is 18.5 Å². The fourth-order valence-electron chi connectivity index (χ4n) is 2.93. The Morgan fingerprint density at radius 1 is 1.41 bits per heavy atom. The van der Waals surface area contributed by atoms with Gasteiger partial charge < -0.3 is 15.1 Å². The third kappa shape index (κ3) is 3.62. The molecule has 2 N–H and O–H groups in total. The van der Waals surface area contributed by atoms with Crippen LogP contribution < -0.4 is 10.6 Å². The van der Waals surface area contributed by atoms with Crippen molar-refractivity contribution in [3.8, 4) is 0 Å². The van der Waals surface area contributed by atoms with Gasteiger partial charge in [-0.1, -0.05) is 18.6 Å². The van der Waals surface area contributed by atoms with Gasteiger partial charge in [0.25, 0.3) is 5.91 Å². The van der Waals surface area contributed by atoms with Gasteiger partial charge in [0.05, 0.1) is 0 Å². The van der Waals surface area contributed by atoms with Crippen LogP contribution in [0.5, 0.6) is 0 Å². The van der Waals surface area contributed by atoms with Crippen LogP contribution in [0.4, 0.5) is 0 Å². The minimum atomic E-state index is -0.129. The number of carbonyl (C=O) groups excluding carboxylic acids is 1. The van der Waals surface area contributed by atoms with E-state index in [9.17, 15) is 4.79 Å². The minimum absolute atomic E-state index is 0. The van der Waals surface area contributed by atoms with Crippen LogP contribution in [0.25, 0.3) is 11.0 Å². The summed E-state index contributed by atoms with van der Waals surface area (Å²) in [7, 11) is 0. The number of furan rings is 1. The largest absolute Gasteiger partial charge is 0.451 e. The molecule has 1 aliphatic heterocycles. The summed E-state index contributed by atoms with van der Waals surface area (Å²) in [4.78, 5) is 12.3. The van der Waals surface area contributed by atoms with Gasteiger partial charge in [0.1, 0.15) is 5.58 Å². The van der Waals surface area contributed by atoms with E-state index in [1.165, 1.54) is 0 Å². The Balaban J connectivity index is 0.00000176. The van der Waals surface area contributed by atoms with Crippen LogP contribution >= 0.6 is 12.4 Å². The van der Waals surface area contributed by atoms with Crippen LogP contribution in [0.15, 0.2) is 28.7 Å². The van der Waals surface area contributed by atoms with Gasteiger partial charge in [0.2, 0.25) is 0 Å². The predicted octanol–water partition coefficient (Wildman–Crippen LogP) is 3.28. The van der Waals surface area contributed by atoms with E-state index in [0.29, 0.717) is 12.3 Å².